The normalized spacial score (nSPS) is 15.4. The highest BCUT2D eigenvalue weighted by molar-refractivity contribution is 5.67. The van der Waals surface area contributed by atoms with Crippen LogP contribution in [0.1, 0.15) is 12.5 Å². The summed E-state index contributed by atoms with van der Waals surface area (Å²) in [6.07, 6.45) is 0. The van der Waals surface area contributed by atoms with E-state index < -0.39 is 0 Å². The van der Waals surface area contributed by atoms with Gasteiger partial charge in [0.15, 0.2) is 0 Å². The van der Waals surface area contributed by atoms with Crippen LogP contribution in [0.2, 0.25) is 0 Å². The maximum Gasteiger partial charge on any atom is 0.295 e. The molecule has 0 aromatic heterocycles. The molecular weight excluding hydrogens is 218 g/mol. The molecule has 0 saturated carbocycles. The maximum absolute atomic E-state index is 11.2. The Balaban J connectivity index is 2.41. The van der Waals surface area contributed by atoms with Crippen LogP contribution < -0.4 is 10.2 Å². The molecule has 17 heavy (non-hydrogen) atoms. The van der Waals surface area contributed by atoms with Gasteiger partial charge in [0.1, 0.15) is 5.69 Å². The minimum absolute atomic E-state index is 0.237. The fraction of sp³-hybridized carbons (Fsp3) is 0.500. The summed E-state index contributed by atoms with van der Waals surface area (Å²) in [5, 5.41) is 14.4. The molecule has 1 aromatic carbocycles. The predicted molar refractivity (Wildman–Crippen MR) is 67.5 cm³/mol. The van der Waals surface area contributed by atoms with E-state index in [-0.39, 0.29) is 10.6 Å². The maximum atomic E-state index is 11.2. The molecule has 5 heteroatoms. The Morgan fingerprint density at radius 2 is 2.24 bits per heavy atom. The molecule has 1 fully saturated rings. The molecular formula is C12H17N3O2. The number of para-hydroxylation sites is 1. The Bertz CT molecular complexity index is 430. The van der Waals surface area contributed by atoms with Crippen LogP contribution in [0.25, 0.3) is 0 Å². The van der Waals surface area contributed by atoms with Gasteiger partial charge >= 0.3 is 0 Å². The van der Waals surface area contributed by atoms with Crippen molar-refractivity contribution in [2.75, 3.05) is 24.5 Å². The Morgan fingerprint density at radius 1 is 1.53 bits per heavy atom. The van der Waals surface area contributed by atoms with E-state index in [1.807, 2.05) is 19.1 Å². The van der Waals surface area contributed by atoms with Crippen LogP contribution in [0.5, 0.6) is 0 Å². The van der Waals surface area contributed by atoms with Crippen LogP contribution in [0, 0.1) is 17.0 Å². The molecule has 0 atom stereocenters. The molecule has 1 heterocycles. The average molecular weight is 235 g/mol. The number of hydrogen-bond donors (Lipinski definition) is 1. The second kappa shape index (κ2) is 4.71. The highest BCUT2D eigenvalue weighted by atomic mass is 16.6. The average Bonchev–Trinajstić information content (AvgIpc) is 2.22. The Morgan fingerprint density at radius 3 is 2.71 bits per heavy atom. The number of hydrogen-bond acceptors (Lipinski definition) is 4. The van der Waals surface area contributed by atoms with Crippen molar-refractivity contribution < 1.29 is 4.92 Å². The highest BCUT2D eigenvalue weighted by Crippen LogP contribution is 2.32. The summed E-state index contributed by atoms with van der Waals surface area (Å²) in [7, 11) is 0. The van der Waals surface area contributed by atoms with Gasteiger partial charge < -0.3 is 10.2 Å². The molecule has 0 spiro atoms. The summed E-state index contributed by atoms with van der Waals surface area (Å²) in [4.78, 5) is 13.0. The number of anilines is 1. The van der Waals surface area contributed by atoms with E-state index in [1.165, 1.54) is 0 Å². The van der Waals surface area contributed by atoms with E-state index in [0.717, 1.165) is 30.9 Å². The Kier molecular flexibility index (Phi) is 3.28. The number of aryl methyl sites for hydroxylation is 1. The summed E-state index contributed by atoms with van der Waals surface area (Å²) in [5.74, 6) is 0. The number of nitrogens with one attached hydrogen (secondary N) is 1. The standard InChI is InChI=1S/C12H17N3O2/c1-3-14(10-7-13-8-10)11-6-4-5-9(2)12(11)15(16)17/h4-6,10,13H,3,7-8H2,1-2H3. The van der Waals surface area contributed by atoms with E-state index in [9.17, 15) is 10.1 Å². The zero-order valence-electron chi connectivity index (χ0n) is 10.1. The van der Waals surface area contributed by atoms with Crippen molar-refractivity contribution in [3.05, 3.63) is 33.9 Å². The SMILES string of the molecule is CCN(c1cccc(C)c1[N+](=O)[O-])C1CNC1. The third-order valence-corrected chi connectivity index (χ3v) is 3.25. The minimum atomic E-state index is -0.278. The summed E-state index contributed by atoms with van der Waals surface area (Å²) in [5.41, 5.74) is 1.70. The Hall–Kier alpha value is -1.62. The predicted octanol–water partition coefficient (Wildman–Crippen LogP) is 1.70. The number of nitro benzene ring substituents is 1. The Labute approximate surface area is 101 Å². The first-order valence-corrected chi connectivity index (χ1v) is 5.86. The lowest BCUT2D eigenvalue weighted by molar-refractivity contribution is -0.384. The zero-order valence-corrected chi connectivity index (χ0v) is 10.1. The van der Waals surface area contributed by atoms with Crippen LogP contribution in [0.3, 0.4) is 0 Å². The van der Waals surface area contributed by atoms with Gasteiger partial charge in [-0.2, -0.15) is 0 Å². The van der Waals surface area contributed by atoms with Crippen molar-refractivity contribution in [1.82, 2.24) is 5.32 Å². The van der Waals surface area contributed by atoms with Crippen LogP contribution in [0.4, 0.5) is 11.4 Å². The van der Waals surface area contributed by atoms with Crippen molar-refractivity contribution >= 4 is 11.4 Å². The van der Waals surface area contributed by atoms with E-state index in [4.69, 9.17) is 0 Å². The molecule has 92 valence electrons. The van der Waals surface area contributed by atoms with Crippen molar-refractivity contribution in [3.63, 3.8) is 0 Å². The molecule has 1 N–H and O–H groups in total. The number of nitro groups is 1. The summed E-state index contributed by atoms with van der Waals surface area (Å²) >= 11 is 0. The van der Waals surface area contributed by atoms with Gasteiger partial charge in [0.05, 0.1) is 11.0 Å². The molecule has 1 aliphatic rings. The van der Waals surface area contributed by atoms with Gasteiger partial charge in [-0.15, -0.1) is 0 Å². The minimum Gasteiger partial charge on any atom is -0.361 e. The molecule has 1 saturated heterocycles. The van der Waals surface area contributed by atoms with Crippen molar-refractivity contribution in [3.8, 4) is 0 Å². The topological polar surface area (TPSA) is 58.4 Å². The van der Waals surface area contributed by atoms with E-state index >= 15 is 0 Å². The molecule has 0 unspecified atom stereocenters. The fourth-order valence-corrected chi connectivity index (χ4v) is 2.23. The number of benzene rings is 1. The van der Waals surface area contributed by atoms with Crippen molar-refractivity contribution in [1.29, 1.82) is 0 Å². The van der Waals surface area contributed by atoms with Gasteiger partial charge in [0, 0.05) is 25.2 Å². The van der Waals surface area contributed by atoms with Crippen molar-refractivity contribution in [2.24, 2.45) is 0 Å². The molecule has 0 amide bonds. The van der Waals surface area contributed by atoms with Crippen LogP contribution in [-0.2, 0) is 0 Å². The number of likely N-dealkylation sites (N-methyl/N-ethyl adjacent to an activating group) is 1. The van der Waals surface area contributed by atoms with Gasteiger partial charge in [0.2, 0.25) is 0 Å². The third-order valence-electron chi connectivity index (χ3n) is 3.25. The zero-order chi connectivity index (χ0) is 12.4. The van der Waals surface area contributed by atoms with Gasteiger partial charge in [-0.3, -0.25) is 10.1 Å². The molecule has 1 aromatic rings. The molecule has 2 rings (SSSR count). The lowest BCUT2D eigenvalue weighted by atomic mass is 10.1. The van der Waals surface area contributed by atoms with Crippen LogP contribution in [0.15, 0.2) is 18.2 Å². The van der Waals surface area contributed by atoms with Gasteiger partial charge in [-0.05, 0) is 19.9 Å². The first-order chi connectivity index (χ1) is 8.15. The van der Waals surface area contributed by atoms with Crippen LogP contribution in [-0.4, -0.2) is 30.6 Å². The van der Waals surface area contributed by atoms with Gasteiger partial charge in [0.25, 0.3) is 5.69 Å². The summed E-state index contributed by atoms with van der Waals surface area (Å²) < 4.78 is 0. The van der Waals surface area contributed by atoms with Crippen molar-refractivity contribution in [2.45, 2.75) is 19.9 Å². The van der Waals surface area contributed by atoms with E-state index in [1.54, 1.807) is 13.0 Å². The third kappa shape index (κ3) is 2.10. The van der Waals surface area contributed by atoms with Gasteiger partial charge in [-0.25, -0.2) is 0 Å². The summed E-state index contributed by atoms with van der Waals surface area (Å²) in [6.45, 7) is 6.41. The number of nitrogens with zero attached hydrogens (tertiary/aromatic N) is 2. The lowest BCUT2D eigenvalue weighted by Gasteiger charge is -2.39. The number of rotatable bonds is 4. The first-order valence-electron chi connectivity index (χ1n) is 5.86. The molecule has 0 aliphatic carbocycles. The van der Waals surface area contributed by atoms with Crippen LogP contribution >= 0.6 is 0 Å². The second-order valence-corrected chi connectivity index (χ2v) is 4.30. The molecule has 1 aliphatic heterocycles. The van der Waals surface area contributed by atoms with E-state index in [0.29, 0.717) is 6.04 Å². The second-order valence-electron chi connectivity index (χ2n) is 4.30. The fourth-order valence-electron chi connectivity index (χ4n) is 2.23. The lowest BCUT2D eigenvalue weighted by Crippen LogP contribution is -2.57. The quantitative estimate of drug-likeness (QED) is 0.637. The monoisotopic (exact) mass is 235 g/mol. The van der Waals surface area contributed by atoms with Gasteiger partial charge in [-0.1, -0.05) is 12.1 Å². The van der Waals surface area contributed by atoms with E-state index in [2.05, 4.69) is 10.2 Å². The molecule has 5 nitrogen and oxygen atoms in total. The molecule has 0 bridgehead atoms. The first kappa shape index (κ1) is 11.9. The highest BCUT2D eigenvalue weighted by Gasteiger charge is 2.29. The smallest absolute Gasteiger partial charge is 0.295 e. The largest absolute Gasteiger partial charge is 0.361 e. The summed E-state index contributed by atoms with van der Waals surface area (Å²) in [6, 6.07) is 5.88. The molecule has 0 radical (unpaired) electrons.